The van der Waals surface area contributed by atoms with Crippen molar-refractivity contribution in [1.82, 2.24) is 15.5 Å². The molecule has 0 radical (unpaired) electrons. The van der Waals surface area contributed by atoms with E-state index >= 15 is 0 Å². The molecular weight excluding hydrogens is 399 g/mol. The van der Waals surface area contributed by atoms with Gasteiger partial charge >= 0.3 is 0 Å². The largest absolute Gasteiger partial charge is 0.354 e. The summed E-state index contributed by atoms with van der Waals surface area (Å²) in [5.41, 5.74) is 0. The minimum absolute atomic E-state index is 0. The van der Waals surface area contributed by atoms with Gasteiger partial charge in [0.1, 0.15) is 0 Å². The number of aliphatic imine (C=N–C) groups is 1. The van der Waals surface area contributed by atoms with Crippen LogP contribution in [0.25, 0.3) is 0 Å². The third kappa shape index (κ3) is 7.59. The Labute approximate surface area is 160 Å². The van der Waals surface area contributed by atoms with E-state index < -0.39 is 0 Å². The van der Waals surface area contributed by atoms with Gasteiger partial charge in [-0.3, -0.25) is 4.99 Å². The van der Waals surface area contributed by atoms with E-state index in [1.165, 1.54) is 51.7 Å². The fraction of sp³-hybridized carbons (Fsp3) is 0.944. The average molecular weight is 436 g/mol. The van der Waals surface area contributed by atoms with Crippen LogP contribution in [-0.4, -0.2) is 49.1 Å². The Balaban J connectivity index is 0.00000264. The number of hydrogen-bond acceptors (Lipinski definition) is 2. The summed E-state index contributed by atoms with van der Waals surface area (Å²) >= 11 is 0. The molecule has 1 aliphatic heterocycles. The molecule has 0 spiro atoms. The average Bonchev–Trinajstić information content (AvgIpc) is 3.19. The van der Waals surface area contributed by atoms with E-state index in [-0.39, 0.29) is 24.0 Å². The lowest BCUT2D eigenvalue weighted by Crippen LogP contribution is -2.49. The van der Waals surface area contributed by atoms with Gasteiger partial charge in [-0.1, -0.05) is 27.2 Å². The van der Waals surface area contributed by atoms with Crippen molar-refractivity contribution >= 4 is 29.9 Å². The number of nitrogens with one attached hydrogen (secondary N) is 2. The summed E-state index contributed by atoms with van der Waals surface area (Å²) in [5.74, 6) is 2.70. The third-order valence-electron chi connectivity index (χ3n) is 4.77. The Morgan fingerprint density at radius 1 is 1.17 bits per heavy atom. The van der Waals surface area contributed by atoms with Crippen LogP contribution in [0.3, 0.4) is 0 Å². The highest BCUT2D eigenvalue weighted by Crippen LogP contribution is 2.34. The molecule has 2 N–H and O–H groups in total. The highest BCUT2D eigenvalue weighted by Gasteiger charge is 2.36. The van der Waals surface area contributed by atoms with Gasteiger partial charge in [0.25, 0.3) is 0 Å². The zero-order chi connectivity index (χ0) is 15.9. The quantitative estimate of drug-likeness (QED) is 0.365. The van der Waals surface area contributed by atoms with Crippen LogP contribution in [0.4, 0.5) is 0 Å². The first-order chi connectivity index (χ1) is 10.6. The van der Waals surface area contributed by atoms with Gasteiger partial charge in [-0.15, -0.1) is 24.0 Å². The molecular formula is C18H37IN4. The van der Waals surface area contributed by atoms with Crippen molar-refractivity contribution in [3.8, 4) is 0 Å². The predicted molar refractivity (Wildman–Crippen MR) is 111 cm³/mol. The Hall–Kier alpha value is -0.0400. The van der Waals surface area contributed by atoms with Crippen LogP contribution >= 0.6 is 24.0 Å². The van der Waals surface area contributed by atoms with E-state index in [0.717, 1.165) is 24.3 Å². The SMILES string of the molecule is CCCC1CC1NC(=NCC)NC1CCN(CC(C)C)CC1.I. The zero-order valence-corrected chi connectivity index (χ0v) is 17.8. The van der Waals surface area contributed by atoms with Gasteiger partial charge in [-0.05, 0) is 44.4 Å². The summed E-state index contributed by atoms with van der Waals surface area (Å²) in [5, 5.41) is 7.32. The Morgan fingerprint density at radius 3 is 2.43 bits per heavy atom. The number of piperidine rings is 1. The highest BCUT2D eigenvalue weighted by molar-refractivity contribution is 14.0. The summed E-state index contributed by atoms with van der Waals surface area (Å²) in [6.45, 7) is 13.5. The smallest absolute Gasteiger partial charge is 0.191 e. The van der Waals surface area contributed by atoms with Gasteiger partial charge in [-0.2, -0.15) is 0 Å². The lowest BCUT2D eigenvalue weighted by Gasteiger charge is -2.34. The zero-order valence-electron chi connectivity index (χ0n) is 15.5. The number of hydrogen-bond donors (Lipinski definition) is 2. The fourth-order valence-electron chi connectivity index (χ4n) is 3.55. The monoisotopic (exact) mass is 436 g/mol. The summed E-state index contributed by atoms with van der Waals surface area (Å²) < 4.78 is 0. The number of rotatable bonds is 7. The molecule has 2 fully saturated rings. The molecule has 2 rings (SSSR count). The molecule has 0 aromatic carbocycles. The van der Waals surface area contributed by atoms with Crippen molar-refractivity contribution in [3.05, 3.63) is 0 Å². The van der Waals surface area contributed by atoms with E-state index in [0.29, 0.717) is 12.1 Å². The van der Waals surface area contributed by atoms with E-state index in [2.05, 4.69) is 48.2 Å². The van der Waals surface area contributed by atoms with E-state index in [1.807, 2.05) is 0 Å². The molecule has 2 atom stereocenters. The van der Waals surface area contributed by atoms with Crippen molar-refractivity contribution in [1.29, 1.82) is 0 Å². The minimum Gasteiger partial charge on any atom is -0.354 e. The molecule has 1 saturated heterocycles. The summed E-state index contributed by atoms with van der Waals surface area (Å²) in [4.78, 5) is 7.24. The third-order valence-corrected chi connectivity index (χ3v) is 4.77. The number of halogens is 1. The lowest BCUT2D eigenvalue weighted by atomic mass is 10.0. The topological polar surface area (TPSA) is 39.7 Å². The molecule has 0 aromatic heterocycles. The first kappa shape index (κ1) is 21.0. The maximum Gasteiger partial charge on any atom is 0.191 e. The lowest BCUT2D eigenvalue weighted by molar-refractivity contribution is 0.187. The van der Waals surface area contributed by atoms with Gasteiger partial charge in [0.2, 0.25) is 0 Å². The second kappa shape index (κ2) is 10.7. The van der Waals surface area contributed by atoms with Gasteiger partial charge in [-0.25, -0.2) is 0 Å². The molecule has 0 bridgehead atoms. The Bertz CT molecular complexity index is 351. The molecule has 2 unspecified atom stereocenters. The molecule has 0 aromatic rings. The first-order valence-electron chi connectivity index (χ1n) is 9.42. The van der Waals surface area contributed by atoms with Crippen LogP contribution in [0.15, 0.2) is 4.99 Å². The molecule has 2 aliphatic rings. The van der Waals surface area contributed by atoms with Crippen molar-refractivity contribution in [2.75, 3.05) is 26.2 Å². The van der Waals surface area contributed by atoms with E-state index in [4.69, 9.17) is 0 Å². The van der Waals surface area contributed by atoms with Gasteiger partial charge in [0.15, 0.2) is 5.96 Å². The predicted octanol–water partition coefficient (Wildman–Crippen LogP) is 3.47. The van der Waals surface area contributed by atoms with Crippen LogP contribution in [0.2, 0.25) is 0 Å². The number of guanidine groups is 1. The van der Waals surface area contributed by atoms with Crippen LogP contribution in [0.5, 0.6) is 0 Å². The van der Waals surface area contributed by atoms with Gasteiger partial charge in [0.05, 0.1) is 0 Å². The maximum absolute atomic E-state index is 4.64. The normalized spacial score (nSPS) is 26.0. The number of nitrogens with zero attached hydrogens (tertiary/aromatic N) is 2. The molecule has 0 amide bonds. The van der Waals surface area contributed by atoms with Gasteiger partial charge < -0.3 is 15.5 Å². The van der Waals surface area contributed by atoms with Crippen LogP contribution in [0.1, 0.15) is 59.8 Å². The molecule has 1 aliphatic carbocycles. The van der Waals surface area contributed by atoms with Crippen LogP contribution in [-0.2, 0) is 0 Å². The molecule has 136 valence electrons. The van der Waals surface area contributed by atoms with Crippen molar-refractivity contribution in [2.45, 2.75) is 71.9 Å². The summed E-state index contributed by atoms with van der Waals surface area (Å²) in [6, 6.07) is 1.25. The van der Waals surface area contributed by atoms with E-state index in [1.54, 1.807) is 0 Å². The fourth-order valence-corrected chi connectivity index (χ4v) is 3.55. The molecule has 1 heterocycles. The highest BCUT2D eigenvalue weighted by atomic mass is 127. The Kier molecular flexibility index (Phi) is 9.82. The van der Waals surface area contributed by atoms with E-state index in [9.17, 15) is 0 Å². The van der Waals surface area contributed by atoms with Crippen LogP contribution < -0.4 is 10.6 Å². The summed E-state index contributed by atoms with van der Waals surface area (Å²) in [6.07, 6.45) is 6.45. The first-order valence-corrected chi connectivity index (χ1v) is 9.42. The molecule has 1 saturated carbocycles. The molecule has 4 nitrogen and oxygen atoms in total. The second-order valence-corrected chi connectivity index (χ2v) is 7.47. The number of likely N-dealkylation sites (tertiary alicyclic amines) is 1. The maximum atomic E-state index is 4.64. The van der Waals surface area contributed by atoms with Crippen molar-refractivity contribution in [3.63, 3.8) is 0 Å². The standard InChI is InChI=1S/C18H36N4.HI/c1-5-7-15-12-17(15)21-18(19-6-2)20-16-8-10-22(11-9-16)13-14(3)4;/h14-17H,5-13H2,1-4H3,(H2,19,20,21);1H. The van der Waals surface area contributed by atoms with Crippen LogP contribution in [0, 0.1) is 11.8 Å². The second-order valence-electron chi connectivity index (χ2n) is 7.47. The minimum atomic E-state index is 0. The summed E-state index contributed by atoms with van der Waals surface area (Å²) in [7, 11) is 0. The molecule has 23 heavy (non-hydrogen) atoms. The van der Waals surface area contributed by atoms with Crippen molar-refractivity contribution in [2.24, 2.45) is 16.8 Å². The Morgan fingerprint density at radius 2 is 1.87 bits per heavy atom. The van der Waals surface area contributed by atoms with Gasteiger partial charge in [0, 0.05) is 38.3 Å². The van der Waals surface area contributed by atoms with Crippen molar-refractivity contribution < 1.29 is 0 Å². The molecule has 5 heteroatoms.